The summed E-state index contributed by atoms with van der Waals surface area (Å²) in [6, 6.07) is 7.06. The van der Waals surface area contributed by atoms with Crippen LogP contribution in [0.3, 0.4) is 0 Å². The van der Waals surface area contributed by atoms with Gasteiger partial charge < -0.3 is 10.1 Å². The summed E-state index contributed by atoms with van der Waals surface area (Å²) in [5.41, 5.74) is 1.02. The third-order valence-corrected chi connectivity index (χ3v) is 3.33. The Morgan fingerprint density at radius 3 is 2.94 bits per heavy atom. The number of rotatable bonds is 4. The zero-order valence-electron chi connectivity index (χ0n) is 10.4. The predicted molar refractivity (Wildman–Crippen MR) is 66.3 cm³/mol. The van der Waals surface area contributed by atoms with E-state index in [0.29, 0.717) is 12.0 Å². The van der Waals surface area contributed by atoms with Crippen LogP contribution in [-0.2, 0) is 4.74 Å². The summed E-state index contributed by atoms with van der Waals surface area (Å²) in [7, 11) is 0. The van der Waals surface area contributed by atoms with Gasteiger partial charge in [0, 0.05) is 12.0 Å². The Kier molecular flexibility index (Phi) is 4.13. The van der Waals surface area contributed by atoms with Crippen molar-refractivity contribution < 1.29 is 9.13 Å². The molecule has 94 valence electrons. The fourth-order valence-electron chi connectivity index (χ4n) is 2.56. The first-order valence-electron chi connectivity index (χ1n) is 6.31. The average Bonchev–Trinajstić information content (AvgIpc) is 2.72. The number of hydrogen-bond acceptors (Lipinski definition) is 2. The van der Waals surface area contributed by atoms with E-state index in [1.165, 1.54) is 6.07 Å². The second-order valence-electron chi connectivity index (χ2n) is 4.73. The maximum atomic E-state index is 13.3. The van der Waals surface area contributed by atoms with Crippen molar-refractivity contribution in [2.75, 3.05) is 13.2 Å². The van der Waals surface area contributed by atoms with E-state index in [0.717, 1.165) is 25.1 Å². The molecule has 0 amide bonds. The molecule has 0 saturated carbocycles. The van der Waals surface area contributed by atoms with Gasteiger partial charge in [-0.1, -0.05) is 19.1 Å². The third kappa shape index (κ3) is 3.05. The smallest absolute Gasteiger partial charge is 0.123 e. The highest BCUT2D eigenvalue weighted by atomic mass is 19.1. The summed E-state index contributed by atoms with van der Waals surface area (Å²) in [6.45, 7) is 5.81. The molecule has 1 aromatic carbocycles. The van der Waals surface area contributed by atoms with Crippen molar-refractivity contribution in [1.29, 1.82) is 0 Å². The zero-order chi connectivity index (χ0) is 12.3. The van der Waals surface area contributed by atoms with Gasteiger partial charge in [0.2, 0.25) is 0 Å². The number of benzene rings is 1. The molecule has 17 heavy (non-hydrogen) atoms. The van der Waals surface area contributed by atoms with E-state index >= 15 is 0 Å². The molecule has 3 heteroatoms. The maximum Gasteiger partial charge on any atom is 0.123 e. The highest BCUT2D eigenvalue weighted by Crippen LogP contribution is 2.31. The van der Waals surface area contributed by atoms with Crippen LogP contribution in [0.15, 0.2) is 24.3 Å². The van der Waals surface area contributed by atoms with Gasteiger partial charge in [-0.05, 0) is 37.6 Å². The second kappa shape index (κ2) is 5.61. The minimum Gasteiger partial charge on any atom is -0.378 e. The standard InChI is InChI=1S/C14H20FNO/c1-3-16-14(12-7-10(2)17-9-12)11-5-4-6-13(15)8-11/h4-6,8,10,12,14,16H,3,7,9H2,1-2H3. The Labute approximate surface area is 102 Å². The highest BCUT2D eigenvalue weighted by Gasteiger charge is 2.30. The molecule has 3 unspecified atom stereocenters. The van der Waals surface area contributed by atoms with Gasteiger partial charge >= 0.3 is 0 Å². The lowest BCUT2D eigenvalue weighted by Gasteiger charge is -2.24. The zero-order valence-corrected chi connectivity index (χ0v) is 10.4. The summed E-state index contributed by atoms with van der Waals surface area (Å²) in [5.74, 6) is 0.268. The van der Waals surface area contributed by atoms with Gasteiger partial charge in [0.1, 0.15) is 5.82 Å². The van der Waals surface area contributed by atoms with E-state index in [4.69, 9.17) is 4.74 Å². The van der Waals surface area contributed by atoms with Crippen molar-refractivity contribution in [3.63, 3.8) is 0 Å². The van der Waals surface area contributed by atoms with E-state index in [1.54, 1.807) is 12.1 Å². The van der Waals surface area contributed by atoms with Crippen LogP contribution < -0.4 is 5.32 Å². The van der Waals surface area contributed by atoms with Crippen LogP contribution in [0.2, 0.25) is 0 Å². The first kappa shape index (κ1) is 12.5. The fraction of sp³-hybridized carbons (Fsp3) is 0.571. The summed E-state index contributed by atoms with van der Waals surface area (Å²) in [5, 5.41) is 3.44. The van der Waals surface area contributed by atoms with E-state index in [2.05, 4.69) is 19.2 Å². The highest BCUT2D eigenvalue weighted by molar-refractivity contribution is 5.21. The van der Waals surface area contributed by atoms with Gasteiger partial charge in [0.05, 0.1) is 12.7 Å². The fourth-order valence-corrected chi connectivity index (χ4v) is 2.56. The number of nitrogens with one attached hydrogen (secondary N) is 1. The monoisotopic (exact) mass is 237 g/mol. The SMILES string of the molecule is CCNC(c1cccc(F)c1)C1COC(C)C1. The van der Waals surface area contributed by atoms with E-state index in [9.17, 15) is 4.39 Å². The van der Waals surface area contributed by atoms with Crippen LogP contribution in [0.25, 0.3) is 0 Å². The van der Waals surface area contributed by atoms with E-state index in [-0.39, 0.29) is 11.9 Å². The molecular formula is C14H20FNO. The van der Waals surface area contributed by atoms with Gasteiger partial charge in [-0.25, -0.2) is 4.39 Å². The molecule has 1 heterocycles. The molecule has 1 aliphatic rings. The first-order chi connectivity index (χ1) is 8.20. The molecule has 0 radical (unpaired) electrons. The summed E-state index contributed by atoms with van der Waals surface area (Å²) < 4.78 is 18.9. The summed E-state index contributed by atoms with van der Waals surface area (Å²) in [4.78, 5) is 0. The molecule has 0 aliphatic carbocycles. The number of ether oxygens (including phenoxy) is 1. The summed E-state index contributed by atoms with van der Waals surface area (Å²) in [6.07, 6.45) is 1.35. The van der Waals surface area contributed by atoms with Gasteiger partial charge in [-0.2, -0.15) is 0 Å². The van der Waals surface area contributed by atoms with Crippen molar-refractivity contribution in [2.24, 2.45) is 5.92 Å². The number of halogens is 1. The minimum atomic E-state index is -0.169. The van der Waals surface area contributed by atoms with Gasteiger partial charge in [-0.15, -0.1) is 0 Å². The molecule has 1 fully saturated rings. The van der Waals surface area contributed by atoms with Gasteiger partial charge in [-0.3, -0.25) is 0 Å². The Morgan fingerprint density at radius 2 is 2.35 bits per heavy atom. The minimum absolute atomic E-state index is 0.169. The lowest BCUT2D eigenvalue weighted by molar-refractivity contribution is 0.117. The Morgan fingerprint density at radius 1 is 1.53 bits per heavy atom. The van der Waals surface area contributed by atoms with Crippen LogP contribution in [-0.4, -0.2) is 19.3 Å². The average molecular weight is 237 g/mol. The van der Waals surface area contributed by atoms with Crippen LogP contribution >= 0.6 is 0 Å². The van der Waals surface area contributed by atoms with Crippen molar-refractivity contribution in [2.45, 2.75) is 32.4 Å². The van der Waals surface area contributed by atoms with E-state index in [1.807, 2.05) is 6.07 Å². The van der Waals surface area contributed by atoms with Crippen molar-refractivity contribution >= 4 is 0 Å². The van der Waals surface area contributed by atoms with Crippen LogP contribution in [0, 0.1) is 11.7 Å². The van der Waals surface area contributed by atoms with Crippen LogP contribution in [0.5, 0.6) is 0 Å². The third-order valence-electron chi connectivity index (χ3n) is 3.33. The summed E-state index contributed by atoms with van der Waals surface area (Å²) >= 11 is 0. The van der Waals surface area contributed by atoms with E-state index < -0.39 is 0 Å². The molecule has 3 atom stereocenters. The van der Waals surface area contributed by atoms with Crippen molar-refractivity contribution in [1.82, 2.24) is 5.32 Å². The van der Waals surface area contributed by atoms with Crippen LogP contribution in [0.1, 0.15) is 31.9 Å². The Bertz CT molecular complexity index is 369. The molecule has 1 aliphatic heterocycles. The maximum absolute atomic E-state index is 13.3. The molecule has 1 N–H and O–H groups in total. The largest absolute Gasteiger partial charge is 0.378 e. The Hall–Kier alpha value is -0.930. The normalized spacial score (nSPS) is 26.1. The molecular weight excluding hydrogens is 217 g/mol. The molecule has 0 aromatic heterocycles. The molecule has 0 bridgehead atoms. The Balaban J connectivity index is 2.16. The quantitative estimate of drug-likeness (QED) is 0.869. The lowest BCUT2D eigenvalue weighted by atomic mass is 9.91. The van der Waals surface area contributed by atoms with Crippen molar-refractivity contribution in [3.05, 3.63) is 35.6 Å². The van der Waals surface area contributed by atoms with Gasteiger partial charge in [0.25, 0.3) is 0 Å². The topological polar surface area (TPSA) is 21.3 Å². The molecule has 2 rings (SSSR count). The lowest BCUT2D eigenvalue weighted by Crippen LogP contribution is -2.28. The molecule has 1 saturated heterocycles. The first-order valence-corrected chi connectivity index (χ1v) is 6.31. The molecule has 1 aromatic rings. The molecule has 2 nitrogen and oxygen atoms in total. The number of hydrogen-bond donors (Lipinski definition) is 1. The van der Waals surface area contributed by atoms with Crippen LogP contribution in [0.4, 0.5) is 4.39 Å². The second-order valence-corrected chi connectivity index (χ2v) is 4.73. The van der Waals surface area contributed by atoms with Crippen molar-refractivity contribution in [3.8, 4) is 0 Å². The predicted octanol–water partition coefficient (Wildman–Crippen LogP) is 2.90. The molecule has 0 spiro atoms. The van der Waals surface area contributed by atoms with Gasteiger partial charge in [0.15, 0.2) is 0 Å².